The van der Waals surface area contributed by atoms with Gasteiger partial charge in [0, 0.05) is 55.3 Å². The number of nitrogens with zero attached hydrogens (tertiary/aromatic N) is 8. The van der Waals surface area contributed by atoms with Gasteiger partial charge < -0.3 is 8.83 Å². The summed E-state index contributed by atoms with van der Waals surface area (Å²) in [5.41, 5.74) is 20.9. The molecule has 0 spiro atoms. The number of furan rings is 2. The lowest BCUT2D eigenvalue weighted by molar-refractivity contribution is 0.672. The first-order valence-electron chi connectivity index (χ1n) is 33.2. The van der Waals surface area contributed by atoms with Crippen LogP contribution in [-0.2, 0) is 0 Å². The molecular formula is C90H56N8O2. The molecule has 0 aliphatic heterocycles. The lowest BCUT2D eigenvalue weighted by Gasteiger charge is -2.12. The van der Waals surface area contributed by atoms with Gasteiger partial charge in [-0.25, -0.2) is 39.9 Å². The molecule has 10 nitrogen and oxygen atoms in total. The smallest absolute Gasteiger partial charge is 0.164 e. The lowest BCUT2D eigenvalue weighted by Crippen LogP contribution is -2.00. The molecule has 13 aromatic carbocycles. The average Bonchev–Trinajstić information content (AvgIpc) is 1.53. The van der Waals surface area contributed by atoms with E-state index in [0.29, 0.717) is 34.9 Å². The van der Waals surface area contributed by atoms with Crippen LogP contribution in [-0.4, -0.2) is 39.9 Å². The molecule has 0 bridgehead atoms. The van der Waals surface area contributed by atoms with E-state index in [0.717, 1.165) is 149 Å². The Balaban J connectivity index is 0.000000145. The number of aromatic nitrogens is 8. The second kappa shape index (κ2) is 25.5. The van der Waals surface area contributed by atoms with E-state index in [1.54, 1.807) is 0 Å². The quantitative estimate of drug-likeness (QED) is 0.123. The van der Waals surface area contributed by atoms with Gasteiger partial charge in [0.25, 0.3) is 0 Å². The summed E-state index contributed by atoms with van der Waals surface area (Å²) in [4.78, 5) is 40.4. The summed E-state index contributed by atoms with van der Waals surface area (Å²) in [7, 11) is 0. The van der Waals surface area contributed by atoms with Crippen LogP contribution in [0.4, 0.5) is 0 Å². The first kappa shape index (κ1) is 58.8. The minimum atomic E-state index is 0.597. The Morgan fingerprint density at radius 1 is 0.180 bits per heavy atom. The minimum Gasteiger partial charge on any atom is -0.455 e. The highest BCUT2D eigenvalue weighted by Gasteiger charge is 2.24. The van der Waals surface area contributed by atoms with Crippen molar-refractivity contribution in [1.29, 1.82) is 0 Å². The summed E-state index contributed by atoms with van der Waals surface area (Å²) in [6.07, 6.45) is 0. The monoisotopic (exact) mass is 1280 g/mol. The number of pyridine rings is 2. The third kappa shape index (κ3) is 11.0. The Morgan fingerprint density at radius 2 is 0.460 bits per heavy atom. The highest BCUT2D eigenvalue weighted by Crippen LogP contribution is 2.45. The first-order valence-corrected chi connectivity index (χ1v) is 33.2. The molecule has 468 valence electrons. The standard InChI is InChI=1S/C48H30N4O.C42H26N4O/c1-4-13-31(14-5-1)32-23-27-36(28-24-32)47-50-46(35-17-8-3-9-18-35)51-48(52-47)37-29-25-34(26-30-37)44-43-39-19-10-11-22-41(39)53-45(43)42-38(20-12-21-40(42)49-44)33-15-6-2-7-16-33;1-4-14-27(15-5-1)32-23-13-24-34-36(32)39-37(33-22-10-11-25-35(33)47-39)38(43-34)30-20-12-21-31(26-30)42-45-40(28-16-6-2-7-17-28)44-41(46-42)29-18-8-3-9-19-29/h1-30H;1-26H. The maximum Gasteiger partial charge on any atom is 0.164 e. The van der Waals surface area contributed by atoms with Gasteiger partial charge >= 0.3 is 0 Å². The predicted octanol–water partition coefficient (Wildman–Crippen LogP) is 23.0. The van der Waals surface area contributed by atoms with Crippen molar-refractivity contribution < 1.29 is 8.83 Å². The van der Waals surface area contributed by atoms with Crippen molar-refractivity contribution in [2.45, 2.75) is 0 Å². The molecule has 0 fully saturated rings. The van der Waals surface area contributed by atoms with E-state index in [9.17, 15) is 0 Å². The highest BCUT2D eigenvalue weighted by atomic mass is 16.3. The third-order valence-corrected chi connectivity index (χ3v) is 18.3. The first-order chi connectivity index (χ1) is 49.6. The van der Waals surface area contributed by atoms with Gasteiger partial charge in [0.15, 0.2) is 34.9 Å². The van der Waals surface area contributed by atoms with Crippen molar-refractivity contribution >= 4 is 65.7 Å². The molecule has 0 saturated carbocycles. The Bertz CT molecular complexity index is 6180. The van der Waals surface area contributed by atoms with Crippen LogP contribution in [0.2, 0.25) is 0 Å². The largest absolute Gasteiger partial charge is 0.455 e. The molecule has 6 heterocycles. The highest BCUT2D eigenvalue weighted by molar-refractivity contribution is 6.23. The molecular weight excluding hydrogens is 1230 g/mol. The number of rotatable bonds is 11. The van der Waals surface area contributed by atoms with E-state index in [1.165, 1.54) is 5.56 Å². The fourth-order valence-corrected chi connectivity index (χ4v) is 13.5. The van der Waals surface area contributed by atoms with Gasteiger partial charge in [-0.15, -0.1) is 0 Å². The number of hydrogen-bond acceptors (Lipinski definition) is 10. The van der Waals surface area contributed by atoms with Crippen molar-refractivity contribution in [2.24, 2.45) is 0 Å². The van der Waals surface area contributed by atoms with Crippen LogP contribution in [0, 0.1) is 0 Å². The number of para-hydroxylation sites is 2. The molecule has 0 atom stereocenters. The lowest BCUT2D eigenvalue weighted by atomic mass is 9.96. The summed E-state index contributed by atoms with van der Waals surface area (Å²) in [6.45, 7) is 0. The Morgan fingerprint density at radius 3 is 0.870 bits per heavy atom. The summed E-state index contributed by atoms with van der Waals surface area (Å²) < 4.78 is 13.3. The zero-order chi connectivity index (χ0) is 66.3. The van der Waals surface area contributed by atoms with Crippen LogP contribution in [0.25, 0.3) is 190 Å². The zero-order valence-corrected chi connectivity index (χ0v) is 53.7. The molecule has 0 aliphatic carbocycles. The van der Waals surface area contributed by atoms with Crippen LogP contribution in [0.15, 0.2) is 349 Å². The molecule has 19 rings (SSSR count). The number of hydrogen-bond donors (Lipinski definition) is 0. The van der Waals surface area contributed by atoms with E-state index < -0.39 is 0 Å². The maximum absolute atomic E-state index is 6.66. The fourth-order valence-electron chi connectivity index (χ4n) is 13.5. The summed E-state index contributed by atoms with van der Waals surface area (Å²) in [5, 5.41) is 6.05. The van der Waals surface area contributed by atoms with Gasteiger partial charge in [-0.2, -0.15) is 0 Å². The number of fused-ring (bicyclic) bond motifs is 10. The van der Waals surface area contributed by atoms with Crippen LogP contribution in [0.5, 0.6) is 0 Å². The summed E-state index contributed by atoms with van der Waals surface area (Å²) >= 11 is 0. The van der Waals surface area contributed by atoms with Crippen molar-refractivity contribution in [1.82, 2.24) is 39.9 Å². The summed E-state index contributed by atoms with van der Waals surface area (Å²) in [6, 6.07) is 115. The fraction of sp³-hybridized carbons (Fsp3) is 0. The Hall–Kier alpha value is -13.7. The predicted molar refractivity (Wildman–Crippen MR) is 405 cm³/mol. The molecule has 0 saturated heterocycles. The Labute approximate surface area is 575 Å². The van der Waals surface area contributed by atoms with Gasteiger partial charge in [-0.1, -0.05) is 309 Å². The SMILES string of the molecule is c1ccc(-c2ccc(-c3nc(-c4ccccc4)nc(-c4ccc(-c5nc6cccc(-c7ccccc7)c6c6oc7ccccc7c56)cc4)n3)cc2)cc1.c1ccc(-c2nc(-c3ccccc3)nc(-c3cccc(-c4nc5cccc(-c6ccccc6)c5c5oc6ccccc6c45)c3)n2)cc1. The van der Waals surface area contributed by atoms with E-state index in [2.05, 4.69) is 188 Å². The van der Waals surface area contributed by atoms with Crippen molar-refractivity contribution in [3.05, 3.63) is 340 Å². The molecule has 0 N–H and O–H groups in total. The van der Waals surface area contributed by atoms with E-state index in [-0.39, 0.29) is 0 Å². The molecule has 6 aromatic heterocycles. The topological polar surface area (TPSA) is 129 Å². The van der Waals surface area contributed by atoms with Gasteiger partial charge in [-0.05, 0) is 63.7 Å². The van der Waals surface area contributed by atoms with Gasteiger partial charge in [0.2, 0.25) is 0 Å². The van der Waals surface area contributed by atoms with Crippen molar-refractivity contribution in [3.8, 4) is 124 Å². The molecule has 19 aromatic rings. The van der Waals surface area contributed by atoms with Crippen LogP contribution in [0.3, 0.4) is 0 Å². The Kier molecular flexibility index (Phi) is 15.0. The van der Waals surface area contributed by atoms with E-state index in [1.807, 2.05) is 152 Å². The molecule has 0 amide bonds. The van der Waals surface area contributed by atoms with Crippen LogP contribution in [0.1, 0.15) is 0 Å². The summed E-state index contributed by atoms with van der Waals surface area (Å²) in [5.74, 6) is 3.69. The molecule has 0 unspecified atom stereocenters. The maximum atomic E-state index is 6.66. The van der Waals surface area contributed by atoms with Gasteiger partial charge in [-0.3, -0.25) is 0 Å². The second-order valence-electron chi connectivity index (χ2n) is 24.5. The van der Waals surface area contributed by atoms with Gasteiger partial charge in [0.05, 0.1) is 44.0 Å². The van der Waals surface area contributed by atoms with Gasteiger partial charge in [0.1, 0.15) is 22.3 Å². The average molecular weight is 1280 g/mol. The van der Waals surface area contributed by atoms with Crippen molar-refractivity contribution in [3.63, 3.8) is 0 Å². The van der Waals surface area contributed by atoms with E-state index >= 15 is 0 Å². The normalized spacial score (nSPS) is 11.4. The third-order valence-electron chi connectivity index (χ3n) is 18.3. The second-order valence-corrected chi connectivity index (χ2v) is 24.5. The van der Waals surface area contributed by atoms with Crippen LogP contribution < -0.4 is 0 Å². The van der Waals surface area contributed by atoms with Crippen LogP contribution >= 0.6 is 0 Å². The van der Waals surface area contributed by atoms with E-state index in [4.69, 9.17) is 48.7 Å². The molecule has 100 heavy (non-hydrogen) atoms. The zero-order valence-electron chi connectivity index (χ0n) is 53.7. The molecule has 0 radical (unpaired) electrons. The number of benzene rings is 13. The minimum absolute atomic E-state index is 0.597. The van der Waals surface area contributed by atoms with Crippen molar-refractivity contribution in [2.75, 3.05) is 0 Å². The molecule has 10 heteroatoms. The molecule has 0 aliphatic rings.